The van der Waals surface area contributed by atoms with Gasteiger partial charge >= 0.3 is 13.6 Å². The molecule has 0 aliphatic carbocycles. The predicted octanol–water partition coefficient (Wildman–Crippen LogP) is -0.0725. The maximum Gasteiger partial charge on any atom is 0.350 e. The first kappa shape index (κ1) is 14.8. The highest BCUT2D eigenvalue weighted by atomic mass is 31.2. The largest absolute Gasteiger partial charge is 0.461 e. The van der Waals surface area contributed by atoms with Gasteiger partial charge in [0.05, 0.1) is 0 Å². The number of hydrogen-bond acceptors (Lipinski definition) is 6. The SMILES string of the molecule is Nc1ccnc(OC[C@@H](CF)OCP(=O)(O)O)n1. The van der Waals surface area contributed by atoms with E-state index < -0.39 is 26.7 Å². The third-order valence-corrected chi connectivity index (χ3v) is 2.19. The van der Waals surface area contributed by atoms with Crippen molar-refractivity contribution in [1.82, 2.24) is 9.97 Å². The summed E-state index contributed by atoms with van der Waals surface area (Å²) in [7, 11) is -4.33. The Hall–Kier alpha value is -1.28. The van der Waals surface area contributed by atoms with Crippen LogP contribution in [0.2, 0.25) is 0 Å². The quantitative estimate of drug-likeness (QED) is 0.592. The summed E-state index contributed by atoms with van der Waals surface area (Å²) >= 11 is 0. The zero-order valence-corrected chi connectivity index (χ0v) is 10.2. The van der Waals surface area contributed by atoms with Crippen LogP contribution < -0.4 is 10.5 Å². The number of rotatable bonds is 7. The highest BCUT2D eigenvalue weighted by molar-refractivity contribution is 7.51. The molecule has 0 fully saturated rings. The van der Waals surface area contributed by atoms with Crippen LogP contribution in [0.3, 0.4) is 0 Å². The summed E-state index contributed by atoms with van der Waals surface area (Å²) in [5.41, 5.74) is 5.37. The molecule has 0 aromatic carbocycles. The number of alkyl halides is 1. The lowest BCUT2D eigenvalue weighted by molar-refractivity contribution is 0.0200. The highest BCUT2D eigenvalue weighted by Crippen LogP contribution is 2.34. The van der Waals surface area contributed by atoms with Gasteiger partial charge in [0.25, 0.3) is 0 Å². The number of anilines is 1. The molecule has 102 valence electrons. The maximum absolute atomic E-state index is 12.5. The molecule has 1 aromatic heterocycles. The minimum atomic E-state index is -4.33. The van der Waals surface area contributed by atoms with Crippen molar-refractivity contribution >= 4 is 13.4 Å². The van der Waals surface area contributed by atoms with Crippen LogP contribution >= 0.6 is 7.60 Å². The zero-order chi connectivity index (χ0) is 13.6. The van der Waals surface area contributed by atoms with Crippen LogP contribution in [0.15, 0.2) is 12.3 Å². The van der Waals surface area contributed by atoms with Crippen LogP contribution in [-0.4, -0.2) is 45.5 Å². The molecule has 0 amide bonds. The third kappa shape index (κ3) is 5.87. The normalized spacial score (nSPS) is 13.3. The van der Waals surface area contributed by atoms with Crippen molar-refractivity contribution < 1.29 is 28.2 Å². The Bertz CT molecular complexity index is 429. The summed E-state index contributed by atoms with van der Waals surface area (Å²) in [6, 6.07) is 1.39. The lowest BCUT2D eigenvalue weighted by Crippen LogP contribution is -2.25. The van der Waals surface area contributed by atoms with Crippen LogP contribution in [0.4, 0.5) is 10.2 Å². The second-order valence-corrected chi connectivity index (χ2v) is 4.90. The Balaban J connectivity index is 2.42. The monoisotopic (exact) mass is 281 g/mol. The molecule has 0 saturated carbocycles. The maximum atomic E-state index is 12.5. The Morgan fingerprint density at radius 3 is 2.83 bits per heavy atom. The first-order valence-corrected chi connectivity index (χ1v) is 6.64. The first-order valence-electron chi connectivity index (χ1n) is 4.84. The second kappa shape index (κ2) is 6.60. The first-order chi connectivity index (χ1) is 8.40. The standard InChI is InChI=1S/C8H13FN3O5P/c9-3-6(17-5-18(13,14)15)4-16-8-11-2-1-7(10)12-8/h1-2,6H,3-5H2,(H2,10,11,12)(H2,13,14,15)/t6-/m1/s1. The van der Waals surface area contributed by atoms with E-state index in [9.17, 15) is 8.96 Å². The number of nitrogens with zero attached hydrogens (tertiary/aromatic N) is 2. The number of halogens is 1. The van der Waals surface area contributed by atoms with E-state index in [-0.39, 0.29) is 18.4 Å². The van der Waals surface area contributed by atoms with Crippen molar-refractivity contribution in [1.29, 1.82) is 0 Å². The Kier molecular flexibility index (Phi) is 5.42. The van der Waals surface area contributed by atoms with Gasteiger partial charge in [-0.3, -0.25) is 4.57 Å². The molecule has 0 radical (unpaired) electrons. The molecule has 0 aliphatic rings. The van der Waals surface area contributed by atoms with Crippen LogP contribution in [-0.2, 0) is 9.30 Å². The van der Waals surface area contributed by atoms with Crippen molar-refractivity contribution in [3.05, 3.63) is 12.3 Å². The molecule has 0 saturated heterocycles. The van der Waals surface area contributed by atoms with Gasteiger partial charge in [-0.25, -0.2) is 9.37 Å². The van der Waals surface area contributed by atoms with Crippen LogP contribution in [0.1, 0.15) is 0 Å². The molecule has 0 spiro atoms. The Labute approximate surface area is 102 Å². The molecule has 1 rings (SSSR count). The van der Waals surface area contributed by atoms with E-state index >= 15 is 0 Å². The van der Waals surface area contributed by atoms with Gasteiger partial charge in [0, 0.05) is 6.20 Å². The van der Waals surface area contributed by atoms with E-state index in [1.54, 1.807) is 0 Å². The fourth-order valence-corrected chi connectivity index (χ4v) is 1.34. The molecular formula is C8H13FN3O5P. The van der Waals surface area contributed by atoms with Gasteiger partial charge in [-0.2, -0.15) is 4.98 Å². The summed E-state index contributed by atoms with van der Waals surface area (Å²) in [4.78, 5) is 24.5. The summed E-state index contributed by atoms with van der Waals surface area (Å²) in [6.45, 7) is -1.23. The molecule has 1 atom stereocenters. The fourth-order valence-electron chi connectivity index (χ4n) is 0.931. The number of ether oxygens (including phenoxy) is 2. The number of aromatic nitrogens is 2. The summed E-state index contributed by atoms with van der Waals surface area (Å²) in [6.07, 6.45) is -0.621. The zero-order valence-electron chi connectivity index (χ0n) is 9.27. The summed E-state index contributed by atoms with van der Waals surface area (Å²) in [5, 5.41) is 0. The van der Waals surface area contributed by atoms with Crippen LogP contribution in [0.25, 0.3) is 0 Å². The number of nitrogen functional groups attached to an aromatic ring is 1. The van der Waals surface area contributed by atoms with Gasteiger partial charge in [-0.15, -0.1) is 0 Å². The van der Waals surface area contributed by atoms with Crippen molar-refractivity contribution in [2.75, 3.05) is 25.4 Å². The van der Waals surface area contributed by atoms with Crippen molar-refractivity contribution in [2.45, 2.75) is 6.10 Å². The molecule has 0 bridgehead atoms. The second-order valence-electron chi connectivity index (χ2n) is 3.31. The minimum Gasteiger partial charge on any atom is -0.461 e. The summed E-state index contributed by atoms with van der Waals surface area (Å²) < 4.78 is 32.7. The molecule has 0 aliphatic heterocycles. The average molecular weight is 281 g/mol. The molecule has 1 heterocycles. The van der Waals surface area contributed by atoms with E-state index in [0.717, 1.165) is 0 Å². The lowest BCUT2D eigenvalue weighted by Gasteiger charge is -2.15. The smallest absolute Gasteiger partial charge is 0.350 e. The molecule has 18 heavy (non-hydrogen) atoms. The van der Waals surface area contributed by atoms with Crippen molar-refractivity contribution in [2.24, 2.45) is 0 Å². The van der Waals surface area contributed by atoms with Crippen LogP contribution in [0, 0.1) is 0 Å². The topological polar surface area (TPSA) is 128 Å². The highest BCUT2D eigenvalue weighted by Gasteiger charge is 2.18. The number of nitrogens with two attached hydrogens (primary N) is 1. The van der Waals surface area contributed by atoms with Gasteiger partial charge in [-0.05, 0) is 6.07 Å². The molecule has 1 aromatic rings. The predicted molar refractivity (Wildman–Crippen MR) is 59.7 cm³/mol. The van der Waals surface area contributed by atoms with Gasteiger partial charge in [0.2, 0.25) is 0 Å². The van der Waals surface area contributed by atoms with E-state index in [1.807, 2.05) is 0 Å². The van der Waals surface area contributed by atoms with Crippen molar-refractivity contribution in [3.8, 4) is 6.01 Å². The van der Waals surface area contributed by atoms with Gasteiger partial charge < -0.3 is 25.0 Å². The molecule has 8 nitrogen and oxygen atoms in total. The third-order valence-electron chi connectivity index (χ3n) is 1.70. The van der Waals surface area contributed by atoms with Gasteiger partial charge in [0.1, 0.15) is 31.6 Å². The van der Waals surface area contributed by atoms with E-state index in [4.69, 9.17) is 20.3 Å². The minimum absolute atomic E-state index is 0.0618. The van der Waals surface area contributed by atoms with E-state index in [2.05, 4.69) is 14.7 Å². The van der Waals surface area contributed by atoms with Crippen LogP contribution in [0.5, 0.6) is 6.01 Å². The number of hydrogen-bond donors (Lipinski definition) is 3. The van der Waals surface area contributed by atoms with Crippen molar-refractivity contribution in [3.63, 3.8) is 0 Å². The molecule has 10 heteroatoms. The fraction of sp³-hybridized carbons (Fsp3) is 0.500. The molecule has 4 N–H and O–H groups in total. The lowest BCUT2D eigenvalue weighted by atomic mass is 10.4. The van der Waals surface area contributed by atoms with Gasteiger partial charge in [0.15, 0.2) is 0 Å². The Morgan fingerprint density at radius 1 is 1.56 bits per heavy atom. The summed E-state index contributed by atoms with van der Waals surface area (Å²) in [5.74, 6) is 0.188. The van der Waals surface area contributed by atoms with Gasteiger partial charge in [-0.1, -0.05) is 0 Å². The van der Waals surface area contributed by atoms with E-state index in [1.165, 1.54) is 12.3 Å². The molecular weight excluding hydrogens is 268 g/mol. The van der Waals surface area contributed by atoms with E-state index in [0.29, 0.717) is 0 Å². The molecule has 0 unspecified atom stereocenters. The average Bonchev–Trinajstić information content (AvgIpc) is 2.28. The Morgan fingerprint density at radius 2 is 2.28 bits per heavy atom.